The van der Waals surface area contributed by atoms with Crippen LogP contribution in [0.15, 0.2) is 0 Å². The van der Waals surface area contributed by atoms with Gasteiger partial charge in [-0.05, 0) is 19.3 Å². The van der Waals surface area contributed by atoms with E-state index in [4.69, 9.17) is 5.73 Å². The normalized spacial score (nSPS) is 22.0. The number of nitrogens with zero attached hydrogens (tertiary/aromatic N) is 1. The van der Waals surface area contributed by atoms with Crippen LogP contribution >= 0.6 is 12.4 Å². The van der Waals surface area contributed by atoms with Gasteiger partial charge in [0, 0.05) is 25.6 Å². The Morgan fingerprint density at radius 2 is 1.89 bits per heavy atom. The summed E-state index contributed by atoms with van der Waals surface area (Å²) in [6.07, 6.45) is -3.40. The van der Waals surface area contributed by atoms with Crippen molar-refractivity contribution in [3.63, 3.8) is 0 Å². The lowest BCUT2D eigenvalue weighted by molar-refractivity contribution is -0.134. The molecule has 0 radical (unpaired) electrons. The largest absolute Gasteiger partial charge is 0.389 e. The molecule has 2 N–H and O–H groups in total. The predicted molar refractivity (Wildman–Crippen MR) is 69.7 cm³/mol. The van der Waals surface area contributed by atoms with Crippen LogP contribution in [0.1, 0.15) is 32.1 Å². The fourth-order valence-electron chi connectivity index (χ4n) is 2.15. The van der Waals surface area contributed by atoms with Crippen LogP contribution in [-0.4, -0.2) is 43.8 Å². The Hall–Kier alpha value is -0.0500. The fourth-order valence-corrected chi connectivity index (χ4v) is 3.94. The van der Waals surface area contributed by atoms with E-state index in [1.165, 1.54) is 4.31 Å². The van der Waals surface area contributed by atoms with Gasteiger partial charge in [0.15, 0.2) is 0 Å². The number of piperidine rings is 1. The number of nitrogens with two attached hydrogens (primary N) is 1. The van der Waals surface area contributed by atoms with E-state index in [0.717, 1.165) is 12.8 Å². The molecule has 1 aliphatic rings. The van der Waals surface area contributed by atoms with E-state index in [-0.39, 0.29) is 31.4 Å². The van der Waals surface area contributed by atoms with Crippen LogP contribution in [0.4, 0.5) is 13.2 Å². The summed E-state index contributed by atoms with van der Waals surface area (Å²) in [6, 6.07) is -0.255. The van der Waals surface area contributed by atoms with Gasteiger partial charge in [-0.25, -0.2) is 8.42 Å². The number of alkyl halides is 3. The number of sulfonamides is 1. The van der Waals surface area contributed by atoms with E-state index in [9.17, 15) is 21.6 Å². The van der Waals surface area contributed by atoms with Crippen molar-refractivity contribution >= 4 is 22.4 Å². The molecule has 4 nitrogen and oxygen atoms in total. The maximum Gasteiger partial charge on any atom is 0.389 e. The molecule has 0 aliphatic carbocycles. The highest BCUT2D eigenvalue weighted by atomic mass is 35.5. The SMILES string of the molecule is Cl.NCC1CCCCN1S(=O)(=O)CCCC(F)(F)F. The van der Waals surface area contributed by atoms with Crippen LogP contribution in [0, 0.1) is 0 Å². The smallest absolute Gasteiger partial charge is 0.329 e. The summed E-state index contributed by atoms with van der Waals surface area (Å²) in [5.41, 5.74) is 5.50. The predicted octanol–water partition coefficient (Wildman–Crippen LogP) is 1.89. The average molecular weight is 325 g/mol. The minimum absolute atomic E-state index is 0. The molecule has 1 unspecified atom stereocenters. The van der Waals surface area contributed by atoms with Crippen molar-refractivity contribution < 1.29 is 21.6 Å². The van der Waals surface area contributed by atoms with E-state index >= 15 is 0 Å². The Labute approximate surface area is 118 Å². The second-order valence-corrected chi connectivity index (χ2v) is 6.57. The molecule has 0 aromatic rings. The molecular formula is C10H20ClF3N2O2S. The number of halogens is 4. The third-order valence-electron chi connectivity index (χ3n) is 3.07. The van der Waals surface area contributed by atoms with E-state index in [2.05, 4.69) is 0 Å². The maximum absolute atomic E-state index is 12.0. The molecule has 19 heavy (non-hydrogen) atoms. The molecule has 0 amide bonds. The van der Waals surface area contributed by atoms with Gasteiger partial charge in [0.2, 0.25) is 10.0 Å². The van der Waals surface area contributed by atoms with Crippen LogP contribution in [0.5, 0.6) is 0 Å². The first-order chi connectivity index (χ1) is 8.26. The summed E-state index contributed by atoms with van der Waals surface area (Å²) in [4.78, 5) is 0. The zero-order chi connectivity index (χ0) is 13.8. The van der Waals surface area contributed by atoms with E-state index in [0.29, 0.717) is 13.0 Å². The first kappa shape index (κ1) is 18.9. The Kier molecular flexibility index (Phi) is 7.64. The lowest BCUT2D eigenvalue weighted by atomic mass is 10.1. The topological polar surface area (TPSA) is 63.4 Å². The zero-order valence-electron chi connectivity index (χ0n) is 10.5. The van der Waals surface area contributed by atoms with Crippen molar-refractivity contribution in [2.45, 2.75) is 44.3 Å². The van der Waals surface area contributed by atoms with Gasteiger partial charge in [-0.1, -0.05) is 6.42 Å². The summed E-state index contributed by atoms with van der Waals surface area (Å²) < 4.78 is 61.1. The maximum atomic E-state index is 12.0. The molecular weight excluding hydrogens is 305 g/mol. The highest BCUT2D eigenvalue weighted by molar-refractivity contribution is 7.89. The molecule has 0 spiro atoms. The Balaban J connectivity index is 0.00000324. The molecule has 9 heteroatoms. The van der Waals surface area contributed by atoms with Gasteiger partial charge in [-0.15, -0.1) is 12.4 Å². The Morgan fingerprint density at radius 1 is 1.26 bits per heavy atom. The Bertz CT molecular complexity index is 362. The first-order valence-corrected chi connectivity index (χ1v) is 7.63. The van der Waals surface area contributed by atoms with Crippen LogP contribution in [0.3, 0.4) is 0 Å². The van der Waals surface area contributed by atoms with Crippen LogP contribution in [0.25, 0.3) is 0 Å². The molecule has 1 fully saturated rings. The zero-order valence-corrected chi connectivity index (χ0v) is 12.2. The quantitative estimate of drug-likeness (QED) is 0.840. The first-order valence-electron chi connectivity index (χ1n) is 6.02. The van der Waals surface area contributed by atoms with Crippen molar-refractivity contribution in [1.82, 2.24) is 4.31 Å². The minimum Gasteiger partial charge on any atom is -0.329 e. The highest BCUT2D eigenvalue weighted by Gasteiger charge is 2.33. The monoisotopic (exact) mass is 324 g/mol. The summed E-state index contributed by atoms with van der Waals surface area (Å²) in [5, 5.41) is 0. The van der Waals surface area contributed by atoms with Gasteiger partial charge >= 0.3 is 6.18 Å². The number of hydrogen-bond donors (Lipinski definition) is 1. The third kappa shape index (κ3) is 6.29. The van der Waals surface area contributed by atoms with Crippen LogP contribution in [-0.2, 0) is 10.0 Å². The van der Waals surface area contributed by atoms with Crippen molar-refractivity contribution in [3.05, 3.63) is 0 Å². The van der Waals surface area contributed by atoms with E-state index < -0.39 is 28.4 Å². The summed E-state index contributed by atoms with van der Waals surface area (Å²) in [7, 11) is -3.61. The Morgan fingerprint density at radius 3 is 2.42 bits per heavy atom. The molecule has 1 atom stereocenters. The molecule has 1 saturated heterocycles. The number of rotatable bonds is 5. The van der Waals surface area contributed by atoms with Gasteiger partial charge in [0.25, 0.3) is 0 Å². The van der Waals surface area contributed by atoms with Gasteiger partial charge in [0.1, 0.15) is 0 Å². The second kappa shape index (κ2) is 7.66. The lowest BCUT2D eigenvalue weighted by Crippen LogP contribution is -2.48. The molecule has 0 aromatic heterocycles. The highest BCUT2D eigenvalue weighted by Crippen LogP contribution is 2.24. The van der Waals surface area contributed by atoms with E-state index in [1.54, 1.807) is 0 Å². The third-order valence-corrected chi connectivity index (χ3v) is 5.06. The average Bonchev–Trinajstić information content (AvgIpc) is 2.27. The van der Waals surface area contributed by atoms with Crippen molar-refractivity contribution in [1.29, 1.82) is 0 Å². The molecule has 1 rings (SSSR count). The molecule has 1 heterocycles. The van der Waals surface area contributed by atoms with Gasteiger partial charge in [-0.2, -0.15) is 17.5 Å². The summed E-state index contributed by atoms with van der Waals surface area (Å²) in [6.45, 7) is 0.592. The second-order valence-electron chi connectivity index (χ2n) is 4.53. The fraction of sp³-hybridized carbons (Fsp3) is 1.00. The van der Waals surface area contributed by atoms with Crippen molar-refractivity contribution in [2.24, 2.45) is 5.73 Å². The van der Waals surface area contributed by atoms with E-state index in [1.807, 2.05) is 0 Å². The summed E-state index contributed by atoms with van der Waals surface area (Å²) in [5.74, 6) is -0.455. The van der Waals surface area contributed by atoms with Crippen LogP contribution in [0.2, 0.25) is 0 Å². The molecule has 0 bridgehead atoms. The summed E-state index contributed by atoms with van der Waals surface area (Å²) >= 11 is 0. The minimum atomic E-state index is -4.30. The molecule has 1 aliphatic heterocycles. The molecule has 116 valence electrons. The number of hydrogen-bond acceptors (Lipinski definition) is 3. The van der Waals surface area contributed by atoms with Crippen molar-refractivity contribution in [2.75, 3.05) is 18.8 Å². The van der Waals surface area contributed by atoms with Crippen molar-refractivity contribution in [3.8, 4) is 0 Å². The molecule has 0 aromatic carbocycles. The van der Waals surface area contributed by atoms with Gasteiger partial charge < -0.3 is 5.73 Å². The van der Waals surface area contributed by atoms with Gasteiger partial charge in [-0.3, -0.25) is 0 Å². The van der Waals surface area contributed by atoms with Crippen LogP contribution < -0.4 is 5.73 Å². The standard InChI is InChI=1S/C10H19F3N2O2S.ClH/c11-10(12,13)5-3-7-18(16,17)15-6-2-1-4-9(15)8-14;/h9H,1-8,14H2;1H. The lowest BCUT2D eigenvalue weighted by Gasteiger charge is -2.33. The molecule has 0 saturated carbocycles. The van der Waals surface area contributed by atoms with Gasteiger partial charge in [0.05, 0.1) is 5.75 Å².